The normalized spacial score (nSPS) is 35.0. The molecule has 4 atom stereocenters. The van der Waals surface area contributed by atoms with Crippen LogP contribution < -0.4 is 5.32 Å². The van der Waals surface area contributed by atoms with Crippen LogP contribution >= 0.6 is 0 Å². The highest BCUT2D eigenvalue weighted by molar-refractivity contribution is 5.97. The van der Waals surface area contributed by atoms with Gasteiger partial charge in [0.2, 0.25) is 11.8 Å². The highest BCUT2D eigenvalue weighted by atomic mass is 16.2. The Bertz CT molecular complexity index is 369. The molecule has 2 aliphatic rings. The second-order valence-electron chi connectivity index (χ2n) is 6.16. The molecule has 0 spiro atoms. The molecule has 1 saturated heterocycles. The summed E-state index contributed by atoms with van der Waals surface area (Å²) < 4.78 is 0. The molecule has 114 valence electrons. The minimum Gasteiger partial charge on any atom is -0.343 e. The van der Waals surface area contributed by atoms with Crippen molar-refractivity contribution in [1.29, 1.82) is 0 Å². The van der Waals surface area contributed by atoms with Gasteiger partial charge in [-0.1, -0.05) is 40.0 Å². The molecule has 4 unspecified atom stereocenters. The molecule has 1 heterocycles. The number of carbonyl (C=O) groups is 2. The van der Waals surface area contributed by atoms with Crippen LogP contribution in [0.4, 0.5) is 0 Å². The van der Waals surface area contributed by atoms with E-state index in [1.807, 2.05) is 18.7 Å². The monoisotopic (exact) mass is 280 g/mol. The van der Waals surface area contributed by atoms with E-state index in [-0.39, 0.29) is 29.9 Å². The number of nitrogens with zero attached hydrogens (tertiary/aromatic N) is 1. The van der Waals surface area contributed by atoms with E-state index in [9.17, 15) is 9.59 Å². The van der Waals surface area contributed by atoms with Gasteiger partial charge in [0.25, 0.3) is 0 Å². The molecular formula is C16H28N2O2. The van der Waals surface area contributed by atoms with Gasteiger partial charge in [0.1, 0.15) is 12.1 Å². The predicted molar refractivity (Wildman–Crippen MR) is 79.2 cm³/mol. The highest BCUT2D eigenvalue weighted by Gasteiger charge is 2.44. The Balaban J connectivity index is 2.27. The molecule has 20 heavy (non-hydrogen) atoms. The smallest absolute Gasteiger partial charge is 0.246 e. The van der Waals surface area contributed by atoms with E-state index < -0.39 is 0 Å². The van der Waals surface area contributed by atoms with Crippen molar-refractivity contribution in [1.82, 2.24) is 10.2 Å². The molecule has 1 aliphatic heterocycles. The van der Waals surface area contributed by atoms with Crippen LogP contribution in [-0.4, -0.2) is 34.8 Å². The minimum absolute atomic E-state index is 0.0411. The number of hydrogen-bond donors (Lipinski definition) is 1. The zero-order valence-electron chi connectivity index (χ0n) is 13.0. The van der Waals surface area contributed by atoms with Crippen LogP contribution in [0.25, 0.3) is 0 Å². The van der Waals surface area contributed by atoms with E-state index in [1.54, 1.807) is 0 Å². The van der Waals surface area contributed by atoms with Gasteiger partial charge in [-0.25, -0.2) is 0 Å². The lowest BCUT2D eigenvalue weighted by Crippen LogP contribution is -2.66. The lowest BCUT2D eigenvalue weighted by Gasteiger charge is -2.47. The van der Waals surface area contributed by atoms with Crippen molar-refractivity contribution in [3.63, 3.8) is 0 Å². The van der Waals surface area contributed by atoms with Crippen molar-refractivity contribution in [2.75, 3.05) is 0 Å². The van der Waals surface area contributed by atoms with Crippen LogP contribution in [0, 0.1) is 5.92 Å². The van der Waals surface area contributed by atoms with Crippen molar-refractivity contribution in [3.05, 3.63) is 0 Å². The fourth-order valence-electron chi connectivity index (χ4n) is 3.87. The molecule has 2 rings (SSSR count). The van der Waals surface area contributed by atoms with Gasteiger partial charge in [-0.3, -0.25) is 9.59 Å². The molecule has 0 bridgehead atoms. The Morgan fingerprint density at radius 3 is 2.35 bits per heavy atom. The summed E-state index contributed by atoms with van der Waals surface area (Å²) in [6.07, 6.45) is 7.19. The number of hydrogen-bond acceptors (Lipinski definition) is 2. The summed E-state index contributed by atoms with van der Waals surface area (Å²) in [5, 5.41) is 2.89. The first kappa shape index (κ1) is 15.3. The SMILES string of the molecule is CCC1NC(=O)C(CC)N(C2CCCCC2CC)C1=O. The zero-order valence-corrected chi connectivity index (χ0v) is 13.0. The van der Waals surface area contributed by atoms with E-state index in [2.05, 4.69) is 12.2 Å². The van der Waals surface area contributed by atoms with Gasteiger partial charge in [0.15, 0.2) is 0 Å². The second-order valence-corrected chi connectivity index (χ2v) is 6.16. The van der Waals surface area contributed by atoms with Crippen molar-refractivity contribution >= 4 is 11.8 Å². The van der Waals surface area contributed by atoms with Gasteiger partial charge in [-0.05, 0) is 31.6 Å². The minimum atomic E-state index is -0.315. The van der Waals surface area contributed by atoms with Gasteiger partial charge >= 0.3 is 0 Å². The Kier molecular flexibility index (Phi) is 5.06. The lowest BCUT2D eigenvalue weighted by atomic mass is 9.80. The second kappa shape index (κ2) is 6.59. The fourth-order valence-corrected chi connectivity index (χ4v) is 3.87. The van der Waals surface area contributed by atoms with Crippen molar-refractivity contribution in [2.24, 2.45) is 5.92 Å². The van der Waals surface area contributed by atoms with Crippen molar-refractivity contribution in [3.8, 4) is 0 Å². The van der Waals surface area contributed by atoms with Gasteiger partial charge < -0.3 is 10.2 Å². The molecule has 1 N–H and O–H groups in total. The van der Waals surface area contributed by atoms with Gasteiger partial charge in [-0.2, -0.15) is 0 Å². The third kappa shape index (κ3) is 2.70. The first-order valence-corrected chi connectivity index (χ1v) is 8.26. The molecule has 1 aliphatic carbocycles. The molecule has 0 radical (unpaired) electrons. The Labute approximate surface area is 122 Å². The average molecular weight is 280 g/mol. The zero-order chi connectivity index (χ0) is 14.7. The van der Waals surface area contributed by atoms with Crippen LogP contribution in [0.1, 0.15) is 65.7 Å². The standard InChI is InChI=1S/C16H28N2O2/c1-4-11-9-7-8-10-14(11)18-13(6-3)15(19)17-12(5-2)16(18)20/h11-14H,4-10H2,1-3H3,(H,17,19). The molecule has 4 nitrogen and oxygen atoms in total. The largest absolute Gasteiger partial charge is 0.343 e. The molecule has 1 saturated carbocycles. The van der Waals surface area contributed by atoms with Crippen LogP contribution in [0.5, 0.6) is 0 Å². The summed E-state index contributed by atoms with van der Waals surface area (Å²) in [5.41, 5.74) is 0. The molecule has 0 aromatic carbocycles. The molecule has 2 amide bonds. The number of amides is 2. The number of rotatable bonds is 4. The number of carbonyl (C=O) groups excluding carboxylic acids is 2. The maximum Gasteiger partial charge on any atom is 0.246 e. The fraction of sp³-hybridized carbons (Fsp3) is 0.875. The summed E-state index contributed by atoms with van der Waals surface area (Å²) in [6.45, 7) is 6.17. The van der Waals surface area contributed by atoms with E-state index in [4.69, 9.17) is 0 Å². The molecule has 0 aromatic rings. The Hall–Kier alpha value is -1.06. The maximum atomic E-state index is 12.7. The summed E-state index contributed by atoms with van der Waals surface area (Å²) in [6, 6.07) is -0.307. The third-order valence-corrected chi connectivity index (χ3v) is 5.05. The first-order valence-electron chi connectivity index (χ1n) is 8.26. The van der Waals surface area contributed by atoms with Crippen molar-refractivity contribution in [2.45, 2.75) is 83.8 Å². The van der Waals surface area contributed by atoms with E-state index in [0.717, 1.165) is 12.8 Å². The van der Waals surface area contributed by atoms with Gasteiger partial charge in [0, 0.05) is 6.04 Å². The van der Waals surface area contributed by atoms with Crippen molar-refractivity contribution < 1.29 is 9.59 Å². The maximum absolute atomic E-state index is 12.7. The van der Waals surface area contributed by atoms with Crippen LogP contribution in [0.2, 0.25) is 0 Å². The molecule has 0 aromatic heterocycles. The van der Waals surface area contributed by atoms with Crippen LogP contribution in [0.3, 0.4) is 0 Å². The summed E-state index contributed by atoms with van der Waals surface area (Å²) in [4.78, 5) is 27.0. The Morgan fingerprint density at radius 2 is 1.75 bits per heavy atom. The molecule has 4 heteroatoms. The average Bonchev–Trinajstić information content (AvgIpc) is 2.48. The topological polar surface area (TPSA) is 49.4 Å². The van der Waals surface area contributed by atoms with Gasteiger partial charge in [0.05, 0.1) is 0 Å². The summed E-state index contributed by atoms with van der Waals surface area (Å²) in [5.74, 6) is 0.744. The molecule has 2 fully saturated rings. The highest BCUT2D eigenvalue weighted by Crippen LogP contribution is 2.34. The van der Waals surface area contributed by atoms with E-state index in [0.29, 0.717) is 18.8 Å². The van der Waals surface area contributed by atoms with Gasteiger partial charge in [-0.15, -0.1) is 0 Å². The van der Waals surface area contributed by atoms with E-state index >= 15 is 0 Å². The number of piperazine rings is 1. The predicted octanol–water partition coefficient (Wildman–Crippen LogP) is 2.47. The molecular weight excluding hydrogens is 252 g/mol. The van der Waals surface area contributed by atoms with Crippen LogP contribution in [-0.2, 0) is 9.59 Å². The third-order valence-electron chi connectivity index (χ3n) is 5.05. The van der Waals surface area contributed by atoms with E-state index in [1.165, 1.54) is 19.3 Å². The summed E-state index contributed by atoms with van der Waals surface area (Å²) >= 11 is 0. The Morgan fingerprint density at radius 1 is 1.05 bits per heavy atom. The summed E-state index contributed by atoms with van der Waals surface area (Å²) in [7, 11) is 0. The lowest BCUT2D eigenvalue weighted by molar-refractivity contribution is -0.154. The quantitative estimate of drug-likeness (QED) is 0.860. The first-order chi connectivity index (χ1) is 9.63. The number of nitrogens with one attached hydrogen (secondary N) is 1. The van der Waals surface area contributed by atoms with Crippen LogP contribution in [0.15, 0.2) is 0 Å².